The first-order valence-corrected chi connectivity index (χ1v) is 19.1. The van der Waals surface area contributed by atoms with Gasteiger partial charge in [-0.3, -0.25) is 19.1 Å². The number of imidazole rings is 2. The van der Waals surface area contributed by atoms with Crippen LogP contribution in [0, 0.1) is 0 Å². The molecule has 288 valence electrons. The Bertz CT molecular complexity index is 2730. The van der Waals surface area contributed by atoms with Gasteiger partial charge in [0.1, 0.15) is 5.69 Å². The molecule has 0 unspecified atom stereocenters. The molecule has 12 heteroatoms. The third-order valence-corrected chi connectivity index (χ3v) is 8.91. The summed E-state index contributed by atoms with van der Waals surface area (Å²) in [6, 6.07) is 38.5. The molecule has 8 rings (SSSR count). The molecular formula is C44H49N8O4+. The van der Waals surface area contributed by atoms with Crippen LogP contribution in [-0.2, 0) is 26.2 Å². The first-order valence-electron chi connectivity index (χ1n) is 19.1. The highest BCUT2D eigenvalue weighted by Crippen LogP contribution is 2.15. The lowest BCUT2D eigenvalue weighted by Crippen LogP contribution is -2.44. The third-order valence-electron chi connectivity index (χ3n) is 8.91. The van der Waals surface area contributed by atoms with Gasteiger partial charge in [0, 0.05) is 19.6 Å². The largest absolute Gasteiger partial charge is 0.394 e. The average molecular weight is 754 g/mol. The predicted octanol–water partition coefficient (Wildman–Crippen LogP) is 6.31. The van der Waals surface area contributed by atoms with Crippen molar-refractivity contribution in [2.24, 2.45) is 0 Å². The highest BCUT2D eigenvalue weighted by molar-refractivity contribution is 5.72. The fraction of sp³-hybridized carbons (Fsp3) is 0.227. The number of nitrogens with zero attached hydrogens (tertiary/aromatic N) is 7. The van der Waals surface area contributed by atoms with E-state index >= 15 is 0 Å². The third kappa shape index (κ3) is 8.14. The van der Waals surface area contributed by atoms with E-state index in [1.165, 1.54) is 13.7 Å². The molecule has 12 nitrogen and oxygen atoms in total. The zero-order valence-corrected chi connectivity index (χ0v) is 32.8. The monoisotopic (exact) mass is 753 g/mol. The van der Waals surface area contributed by atoms with Crippen LogP contribution in [0.25, 0.3) is 33.7 Å². The van der Waals surface area contributed by atoms with Crippen molar-refractivity contribution in [3.8, 4) is 11.4 Å². The van der Waals surface area contributed by atoms with Crippen molar-refractivity contribution in [1.29, 1.82) is 0 Å². The molecule has 0 fully saturated rings. The molecule has 0 aliphatic rings. The molecule has 0 amide bonds. The Hall–Kier alpha value is -6.82. The van der Waals surface area contributed by atoms with Gasteiger partial charge in [-0.25, -0.2) is 28.3 Å². The summed E-state index contributed by atoms with van der Waals surface area (Å²) in [5, 5.41) is 0. The number of fused-ring (bicyclic) bond motifs is 2. The van der Waals surface area contributed by atoms with Gasteiger partial charge < -0.3 is 4.57 Å². The molecular weight excluding hydrogens is 705 g/mol. The van der Waals surface area contributed by atoms with Crippen LogP contribution < -0.4 is 27.1 Å². The fourth-order valence-corrected chi connectivity index (χ4v) is 6.40. The summed E-state index contributed by atoms with van der Waals surface area (Å²) in [6.07, 6.45) is 3.37. The quantitative estimate of drug-likeness (QED) is 0.182. The zero-order chi connectivity index (χ0) is 40.2. The number of rotatable bonds is 8. The van der Waals surface area contributed by atoms with Gasteiger partial charge in [0.15, 0.2) is 17.5 Å². The predicted molar refractivity (Wildman–Crippen MR) is 223 cm³/mol. The lowest BCUT2D eigenvalue weighted by Gasteiger charge is -2.11. The van der Waals surface area contributed by atoms with Crippen molar-refractivity contribution >= 4 is 22.3 Å². The lowest BCUT2D eigenvalue weighted by atomic mass is 10.2. The van der Waals surface area contributed by atoms with E-state index in [9.17, 15) is 19.2 Å². The highest BCUT2D eigenvalue weighted by atomic mass is 16.2. The van der Waals surface area contributed by atoms with E-state index < -0.39 is 0 Å². The van der Waals surface area contributed by atoms with Crippen LogP contribution in [0.15, 0.2) is 153 Å². The van der Waals surface area contributed by atoms with Crippen molar-refractivity contribution in [3.05, 3.63) is 187 Å². The number of aromatic amines is 1. The number of aromatic nitrogens is 8. The normalized spacial score (nSPS) is 10.5. The molecule has 0 saturated heterocycles. The van der Waals surface area contributed by atoms with Crippen LogP contribution in [-0.4, -0.2) is 32.8 Å². The summed E-state index contributed by atoms with van der Waals surface area (Å²) in [5.41, 5.74) is 4.05. The van der Waals surface area contributed by atoms with E-state index in [4.69, 9.17) is 0 Å². The average Bonchev–Trinajstić information content (AvgIpc) is 3.86. The molecule has 0 radical (unpaired) electrons. The molecule has 0 spiro atoms. The summed E-state index contributed by atoms with van der Waals surface area (Å²) >= 11 is 0. The second kappa shape index (κ2) is 19.0. The van der Waals surface area contributed by atoms with Gasteiger partial charge in [-0.05, 0) is 49.2 Å². The van der Waals surface area contributed by atoms with E-state index in [0.717, 1.165) is 16.8 Å². The first-order chi connectivity index (χ1) is 27.4. The Kier molecular flexibility index (Phi) is 13.7. The minimum atomic E-state index is -0.374. The summed E-state index contributed by atoms with van der Waals surface area (Å²) in [5.74, 6) is 0. The number of nitrogens with one attached hydrogen (secondary N) is 1. The van der Waals surface area contributed by atoms with Crippen LogP contribution >= 0.6 is 0 Å². The molecule has 0 saturated carbocycles. The fourth-order valence-electron chi connectivity index (χ4n) is 6.40. The van der Waals surface area contributed by atoms with Crippen molar-refractivity contribution in [1.82, 2.24) is 32.8 Å². The van der Waals surface area contributed by atoms with E-state index in [2.05, 4.69) is 9.97 Å². The SMILES string of the molecule is CC.CC.CCn1c(=O)c2[nH]c[n+](Cc3ccccc3)c2n(-c2ccccc2)c1=O.CCn1c(=O)c2c(ncn2Cc2ccccc2)n(-c2ccccc2)c1=O. The summed E-state index contributed by atoms with van der Waals surface area (Å²) in [4.78, 5) is 59.0. The minimum Gasteiger partial charge on any atom is -0.320 e. The molecule has 0 bridgehead atoms. The maximum atomic E-state index is 13.0. The molecule has 56 heavy (non-hydrogen) atoms. The molecule has 1 N–H and O–H groups in total. The van der Waals surface area contributed by atoms with Crippen LogP contribution in [0.5, 0.6) is 0 Å². The van der Waals surface area contributed by atoms with Crippen molar-refractivity contribution in [3.63, 3.8) is 0 Å². The van der Waals surface area contributed by atoms with Crippen LogP contribution in [0.4, 0.5) is 0 Å². The van der Waals surface area contributed by atoms with Gasteiger partial charge in [0.2, 0.25) is 5.52 Å². The smallest absolute Gasteiger partial charge is 0.320 e. The van der Waals surface area contributed by atoms with Crippen LogP contribution in [0.2, 0.25) is 0 Å². The molecule has 4 heterocycles. The van der Waals surface area contributed by atoms with Gasteiger partial charge in [0.25, 0.3) is 11.2 Å². The second-order valence-corrected chi connectivity index (χ2v) is 12.1. The topological polar surface area (TPSA) is 125 Å². The molecule has 0 atom stereocenters. The van der Waals surface area contributed by atoms with Gasteiger partial charge >= 0.3 is 16.9 Å². The van der Waals surface area contributed by atoms with Gasteiger partial charge in [-0.15, -0.1) is 0 Å². The number of benzene rings is 4. The van der Waals surface area contributed by atoms with E-state index in [-0.39, 0.29) is 22.5 Å². The van der Waals surface area contributed by atoms with Crippen molar-refractivity contribution in [2.45, 2.75) is 67.7 Å². The maximum Gasteiger partial charge on any atom is 0.394 e. The zero-order valence-electron chi connectivity index (χ0n) is 32.8. The Morgan fingerprint density at radius 1 is 0.589 bits per heavy atom. The number of hydrogen-bond donors (Lipinski definition) is 1. The Labute approximate surface area is 324 Å². The van der Waals surface area contributed by atoms with Gasteiger partial charge in [-0.1, -0.05) is 125 Å². The Morgan fingerprint density at radius 2 is 1.05 bits per heavy atom. The van der Waals surface area contributed by atoms with Crippen molar-refractivity contribution in [2.75, 3.05) is 0 Å². The van der Waals surface area contributed by atoms with Crippen molar-refractivity contribution < 1.29 is 4.57 Å². The number of H-pyrrole nitrogens is 1. The summed E-state index contributed by atoms with van der Waals surface area (Å²) < 4.78 is 9.30. The Morgan fingerprint density at radius 3 is 1.59 bits per heavy atom. The second-order valence-electron chi connectivity index (χ2n) is 12.1. The summed E-state index contributed by atoms with van der Waals surface area (Å²) in [6.45, 7) is 13.3. The molecule has 0 aliphatic carbocycles. The molecule has 4 aromatic heterocycles. The van der Waals surface area contributed by atoms with Gasteiger partial charge in [0.05, 0.1) is 18.6 Å². The standard InChI is InChI=1S/2C20H18N4O2.2C2H6/c1-2-23-19(25)17-18(24(20(23)26)16-11-7-4-8-12-16)21-14-22(17)13-15-9-5-3-6-10-15;1-2-23-19(25)17-18(24(20(23)26)16-11-7-4-8-12-16)22(14-21-17)13-15-9-5-3-6-10-15;2*1-2/h2*3-12,14H,2,13H2,1H3;2*1-2H3/p+1. The number of para-hydroxylation sites is 2. The first kappa shape index (κ1) is 40.4. The van der Waals surface area contributed by atoms with E-state index in [1.807, 2.05) is 154 Å². The summed E-state index contributed by atoms with van der Waals surface area (Å²) in [7, 11) is 0. The molecule has 0 aliphatic heterocycles. The number of hydrogen-bond acceptors (Lipinski definition) is 5. The van der Waals surface area contributed by atoms with Gasteiger partial charge in [-0.2, -0.15) is 4.57 Å². The van der Waals surface area contributed by atoms with E-state index in [0.29, 0.717) is 54.2 Å². The maximum absolute atomic E-state index is 13.0. The molecule has 4 aromatic carbocycles. The highest BCUT2D eigenvalue weighted by Gasteiger charge is 2.24. The minimum absolute atomic E-state index is 0.300. The van der Waals surface area contributed by atoms with Crippen LogP contribution in [0.1, 0.15) is 52.7 Å². The Balaban J connectivity index is 0.000000197. The lowest BCUT2D eigenvalue weighted by molar-refractivity contribution is -0.664. The van der Waals surface area contributed by atoms with E-state index in [1.54, 1.807) is 35.6 Å². The molecule has 8 aromatic rings. The van der Waals surface area contributed by atoms with Crippen LogP contribution in [0.3, 0.4) is 0 Å².